The summed E-state index contributed by atoms with van der Waals surface area (Å²) in [7, 11) is 0. The van der Waals surface area contributed by atoms with Crippen LogP contribution in [0.5, 0.6) is 0 Å². The standard InChI is InChI=1S/C18H36N2O2/c1-4-5-6-7-8-11-14-20(15(2)3)18(22)19-16-12-9-10-13-17(16)21/h15-17,21H,4-14H2,1-3H3,(H,19,22). The number of aliphatic hydroxyl groups excluding tert-OH is 1. The van der Waals surface area contributed by atoms with Gasteiger partial charge in [-0.25, -0.2) is 4.79 Å². The lowest BCUT2D eigenvalue weighted by atomic mass is 9.93. The van der Waals surface area contributed by atoms with E-state index in [1.54, 1.807) is 0 Å². The first-order valence-electron chi connectivity index (χ1n) is 9.31. The summed E-state index contributed by atoms with van der Waals surface area (Å²) >= 11 is 0. The van der Waals surface area contributed by atoms with E-state index in [1.165, 1.54) is 32.1 Å². The van der Waals surface area contributed by atoms with Crippen molar-refractivity contribution in [1.29, 1.82) is 0 Å². The van der Waals surface area contributed by atoms with Gasteiger partial charge in [0.15, 0.2) is 0 Å². The smallest absolute Gasteiger partial charge is 0.317 e. The summed E-state index contributed by atoms with van der Waals surface area (Å²) in [5.74, 6) is 0. The van der Waals surface area contributed by atoms with Gasteiger partial charge in [0.2, 0.25) is 0 Å². The molecule has 0 spiro atoms. The summed E-state index contributed by atoms with van der Waals surface area (Å²) in [5.41, 5.74) is 0. The topological polar surface area (TPSA) is 52.6 Å². The highest BCUT2D eigenvalue weighted by Gasteiger charge is 2.26. The second kappa shape index (κ2) is 10.9. The molecule has 0 aliphatic heterocycles. The molecule has 2 amide bonds. The predicted molar refractivity (Wildman–Crippen MR) is 92.0 cm³/mol. The minimum absolute atomic E-state index is 0.00509. The van der Waals surface area contributed by atoms with Crippen LogP contribution in [-0.4, -0.2) is 40.8 Å². The highest BCUT2D eigenvalue weighted by atomic mass is 16.3. The maximum absolute atomic E-state index is 12.5. The SMILES string of the molecule is CCCCCCCCN(C(=O)NC1CCCCC1O)C(C)C. The van der Waals surface area contributed by atoms with E-state index in [1.807, 2.05) is 4.90 Å². The lowest BCUT2D eigenvalue weighted by molar-refractivity contribution is 0.0880. The van der Waals surface area contributed by atoms with Gasteiger partial charge in [0.05, 0.1) is 12.1 Å². The molecule has 2 N–H and O–H groups in total. The molecular formula is C18H36N2O2. The molecule has 0 bridgehead atoms. The van der Waals surface area contributed by atoms with Crippen molar-refractivity contribution in [2.24, 2.45) is 0 Å². The monoisotopic (exact) mass is 312 g/mol. The number of carbonyl (C=O) groups is 1. The quantitative estimate of drug-likeness (QED) is 0.631. The van der Waals surface area contributed by atoms with Gasteiger partial charge in [-0.1, -0.05) is 51.9 Å². The summed E-state index contributed by atoms with van der Waals surface area (Å²) in [4.78, 5) is 14.4. The molecule has 1 aliphatic rings. The lowest BCUT2D eigenvalue weighted by Crippen LogP contribution is -2.52. The summed E-state index contributed by atoms with van der Waals surface area (Å²) in [6.45, 7) is 7.17. The molecule has 4 nitrogen and oxygen atoms in total. The van der Waals surface area contributed by atoms with Gasteiger partial charge in [-0.15, -0.1) is 0 Å². The normalized spacial score (nSPS) is 21.9. The van der Waals surface area contributed by atoms with Gasteiger partial charge < -0.3 is 15.3 Å². The molecule has 0 aromatic rings. The molecule has 4 heteroatoms. The first kappa shape index (κ1) is 19.3. The van der Waals surface area contributed by atoms with Crippen molar-refractivity contribution in [2.75, 3.05) is 6.54 Å². The lowest BCUT2D eigenvalue weighted by Gasteiger charge is -2.33. The molecule has 2 unspecified atom stereocenters. The molecule has 130 valence electrons. The van der Waals surface area contributed by atoms with Gasteiger partial charge in [0, 0.05) is 12.6 Å². The van der Waals surface area contributed by atoms with Gasteiger partial charge in [-0.2, -0.15) is 0 Å². The van der Waals surface area contributed by atoms with Gasteiger partial charge >= 0.3 is 6.03 Å². The number of nitrogens with zero attached hydrogens (tertiary/aromatic N) is 1. The molecule has 22 heavy (non-hydrogen) atoms. The fraction of sp³-hybridized carbons (Fsp3) is 0.944. The summed E-state index contributed by atoms with van der Waals surface area (Å²) in [6, 6.07) is 0.137. The Hall–Kier alpha value is -0.770. The third-order valence-electron chi connectivity index (χ3n) is 4.68. The van der Waals surface area contributed by atoms with E-state index in [9.17, 15) is 9.90 Å². The second-order valence-electron chi connectivity index (χ2n) is 6.96. The first-order chi connectivity index (χ1) is 10.6. The Morgan fingerprint density at radius 2 is 1.77 bits per heavy atom. The van der Waals surface area contributed by atoms with Gasteiger partial charge in [0.25, 0.3) is 0 Å². The van der Waals surface area contributed by atoms with Crippen LogP contribution in [0.2, 0.25) is 0 Å². The number of aliphatic hydroxyl groups is 1. The third kappa shape index (κ3) is 6.99. The Morgan fingerprint density at radius 3 is 2.41 bits per heavy atom. The Kier molecular flexibility index (Phi) is 9.53. The van der Waals surface area contributed by atoms with Crippen LogP contribution in [0.3, 0.4) is 0 Å². The van der Waals surface area contributed by atoms with E-state index in [0.29, 0.717) is 0 Å². The molecule has 1 aliphatic carbocycles. The molecule has 1 saturated carbocycles. The molecule has 0 heterocycles. The van der Waals surface area contributed by atoms with Crippen LogP contribution >= 0.6 is 0 Å². The second-order valence-corrected chi connectivity index (χ2v) is 6.96. The Bertz CT molecular complexity index is 307. The molecule has 0 saturated heterocycles. The minimum Gasteiger partial charge on any atom is -0.391 e. The highest BCUT2D eigenvalue weighted by molar-refractivity contribution is 5.74. The van der Waals surface area contributed by atoms with Gasteiger partial charge in [0.1, 0.15) is 0 Å². The molecule has 0 aromatic heterocycles. The number of urea groups is 1. The Morgan fingerprint density at radius 1 is 1.14 bits per heavy atom. The van der Waals surface area contributed by atoms with Crippen LogP contribution in [-0.2, 0) is 0 Å². The van der Waals surface area contributed by atoms with E-state index in [2.05, 4.69) is 26.1 Å². The maximum Gasteiger partial charge on any atom is 0.317 e. The molecule has 1 fully saturated rings. The van der Waals surface area contributed by atoms with Crippen LogP contribution in [0.4, 0.5) is 4.79 Å². The Labute approximate surface area is 136 Å². The van der Waals surface area contributed by atoms with E-state index < -0.39 is 0 Å². The fourth-order valence-electron chi connectivity index (χ4n) is 3.18. The number of nitrogens with one attached hydrogen (secondary N) is 1. The Balaban J connectivity index is 2.33. The average Bonchev–Trinajstić information content (AvgIpc) is 2.48. The number of hydrogen-bond donors (Lipinski definition) is 2. The average molecular weight is 312 g/mol. The van der Waals surface area contributed by atoms with Crippen LogP contribution < -0.4 is 5.32 Å². The maximum atomic E-state index is 12.5. The van der Waals surface area contributed by atoms with Crippen LogP contribution in [0.25, 0.3) is 0 Å². The van der Waals surface area contributed by atoms with Gasteiger partial charge in [-0.3, -0.25) is 0 Å². The third-order valence-corrected chi connectivity index (χ3v) is 4.68. The van der Waals surface area contributed by atoms with E-state index in [4.69, 9.17) is 0 Å². The minimum atomic E-state index is -0.374. The molecular weight excluding hydrogens is 276 g/mol. The van der Waals surface area contributed by atoms with E-state index in [0.717, 1.165) is 38.6 Å². The van der Waals surface area contributed by atoms with Crippen molar-refractivity contribution >= 4 is 6.03 Å². The molecule has 0 aromatic carbocycles. The number of carbonyl (C=O) groups excluding carboxylic acids is 1. The van der Waals surface area contributed by atoms with Crippen molar-refractivity contribution in [2.45, 2.75) is 103 Å². The zero-order valence-electron chi connectivity index (χ0n) is 14.8. The van der Waals surface area contributed by atoms with Crippen molar-refractivity contribution in [3.63, 3.8) is 0 Å². The zero-order valence-corrected chi connectivity index (χ0v) is 14.8. The van der Waals surface area contributed by atoms with Crippen molar-refractivity contribution < 1.29 is 9.90 Å². The summed E-state index contributed by atoms with van der Waals surface area (Å²) in [6.07, 6.45) is 10.9. The molecule has 0 radical (unpaired) electrons. The fourth-order valence-corrected chi connectivity index (χ4v) is 3.18. The largest absolute Gasteiger partial charge is 0.391 e. The highest BCUT2D eigenvalue weighted by Crippen LogP contribution is 2.19. The van der Waals surface area contributed by atoms with Gasteiger partial charge in [-0.05, 0) is 33.1 Å². The van der Waals surface area contributed by atoms with Crippen LogP contribution in [0.15, 0.2) is 0 Å². The summed E-state index contributed by atoms with van der Waals surface area (Å²) in [5, 5.41) is 13.0. The van der Waals surface area contributed by atoms with Crippen molar-refractivity contribution in [3.8, 4) is 0 Å². The van der Waals surface area contributed by atoms with Crippen molar-refractivity contribution in [3.05, 3.63) is 0 Å². The predicted octanol–water partition coefficient (Wildman–Crippen LogP) is 4.07. The number of unbranched alkanes of at least 4 members (excludes halogenated alkanes) is 5. The van der Waals surface area contributed by atoms with E-state index in [-0.39, 0.29) is 24.2 Å². The van der Waals surface area contributed by atoms with E-state index >= 15 is 0 Å². The molecule has 1 rings (SSSR count). The number of hydrogen-bond acceptors (Lipinski definition) is 2. The number of amides is 2. The van der Waals surface area contributed by atoms with Crippen molar-refractivity contribution in [1.82, 2.24) is 10.2 Å². The van der Waals surface area contributed by atoms with Crippen LogP contribution in [0, 0.1) is 0 Å². The molecule has 2 atom stereocenters. The zero-order chi connectivity index (χ0) is 16.4. The first-order valence-corrected chi connectivity index (χ1v) is 9.31. The number of rotatable bonds is 9. The summed E-state index contributed by atoms with van der Waals surface area (Å²) < 4.78 is 0. The van der Waals surface area contributed by atoms with Crippen LogP contribution in [0.1, 0.15) is 85.0 Å².